The van der Waals surface area contributed by atoms with Crippen LogP contribution in [-0.4, -0.2) is 62.8 Å². The number of nitrogens with one attached hydrogen (secondary N) is 5. The van der Waals surface area contributed by atoms with Gasteiger partial charge in [0.2, 0.25) is 5.91 Å². The third kappa shape index (κ3) is 6.91. The minimum atomic E-state index is -1.18. The molecular formula is C19H28N5O3S+. The van der Waals surface area contributed by atoms with Crippen molar-refractivity contribution in [1.82, 2.24) is 5.32 Å². The van der Waals surface area contributed by atoms with Crippen LogP contribution in [-0.2, 0) is 9.59 Å². The molecule has 1 aliphatic heterocycles. The Morgan fingerprint density at radius 1 is 1.25 bits per heavy atom. The second kappa shape index (κ2) is 10.7. The highest BCUT2D eigenvalue weighted by Crippen LogP contribution is 2.15. The number of carbonyl (C=O) groups is 2. The molecule has 1 atom stereocenters. The first-order valence-electron chi connectivity index (χ1n) is 9.31. The third-order valence-electron chi connectivity index (χ3n) is 4.72. The van der Waals surface area contributed by atoms with Crippen molar-refractivity contribution in [3.63, 3.8) is 0 Å². The number of aliphatic carboxylic acids is 1. The van der Waals surface area contributed by atoms with E-state index in [1.807, 2.05) is 6.07 Å². The molecule has 1 fully saturated rings. The summed E-state index contributed by atoms with van der Waals surface area (Å²) in [6, 6.07) is 6.23. The van der Waals surface area contributed by atoms with Crippen LogP contribution in [0.1, 0.15) is 6.42 Å². The normalized spacial score (nSPS) is 19.9. The molecule has 0 saturated carbocycles. The number of thiocarbonyl (C=S) groups is 1. The molecule has 5 N–H and O–H groups in total. The van der Waals surface area contributed by atoms with E-state index in [2.05, 4.69) is 29.6 Å². The fourth-order valence-electron chi connectivity index (χ4n) is 3.15. The first kappa shape index (κ1) is 21.8. The third-order valence-corrected chi connectivity index (χ3v) is 4.97. The largest absolute Gasteiger partial charge is 0.544 e. The second-order valence-electron chi connectivity index (χ2n) is 6.94. The molecule has 0 bridgehead atoms. The molecule has 1 saturated heterocycles. The fourth-order valence-corrected chi connectivity index (χ4v) is 3.35. The summed E-state index contributed by atoms with van der Waals surface area (Å²) in [6.45, 7) is 7.35. The summed E-state index contributed by atoms with van der Waals surface area (Å²) in [6.07, 6.45) is 1.58. The van der Waals surface area contributed by atoms with E-state index in [4.69, 9.17) is 12.2 Å². The summed E-state index contributed by atoms with van der Waals surface area (Å²) in [5, 5.41) is 20.8. The highest BCUT2D eigenvalue weighted by molar-refractivity contribution is 7.80. The number of piperazine rings is 1. The molecule has 1 amide bonds. The highest BCUT2D eigenvalue weighted by atomic mass is 32.1. The van der Waals surface area contributed by atoms with E-state index in [1.165, 1.54) is 4.90 Å². The van der Waals surface area contributed by atoms with E-state index in [1.54, 1.807) is 24.3 Å². The number of carboxylic acid groups (broad SMARTS) is 1. The van der Waals surface area contributed by atoms with Gasteiger partial charge in [0.15, 0.2) is 5.11 Å². The number of carboxylic acids is 1. The van der Waals surface area contributed by atoms with Gasteiger partial charge in [-0.1, -0.05) is 12.1 Å². The van der Waals surface area contributed by atoms with Gasteiger partial charge in [-0.05, 0) is 30.4 Å². The maximum atomic E-state index is 12.4. The molecule has 28 heavy (non-hydrogen) atoms. The van der Waals surface area contributed by atoms with Crippen molar-refractivity contribution >= 4 is 40.6 Å². The lowest BCUT2D eigenvalue weighted by Crippen LogP contribution is -3.29. The lowest BCUT2D eigenvalue weighted by molar-refractivity contribution is -1.01. The molecule has 0 unspecified atom stereocenters. The molecule has 1 aromatic rings. The molecule has 0 aliphatic carbocycles. The smallest absolute Gasteiger partial charge is 0.230 e. The number of carbonyl (C=O) groups excluding carboxylic acids is 2. The zero-order valence-electron chi connectivity index (χ0n) is 16.0. The number of likely N-dealkylation sites (N-methyl/N-ethyl adjacent to an activating group) is 1. The minimum Gasteiger partial charge on any atom is -0.544 e. The second-order valence-corrected chi connectivity index (χ2v) is 7.35. The fraction of sp³-hybridized carbons (Fsp3) is 0.421. The average molecular weight is 407 g/mol. The Balaban J connectivity index is 1.93. The van der Waals surface area contributed by atoms with Crippen LogP contribution in [0.3, 0.4) is 0 Å². The van der Waals surface area contributed by atoms with Crippen LogP contribution in [0.5, 0.6) is 0 Å². The molecule has 0 radical (unpaired) electrons. The van der Waals surface area contributed by atoms with Gasteiger partial charge < -0.3 is 35.7 Å². The molecular weight excluding hydrogens is 378 g/mol. The van der Waals surface area contributed by atoms with Crippen LogP contribution in [0.4, 0.5) is 11.4 Å². The maximum absolute atomic E-state index is 12.4. The van der Waals surface area contributed by atoms with Crippen molar-refractivity contribution in [3.05, 3.63) is 36.9 Å². The van der Waals surface area contributed by atoms with Crippen molar-refractivity contribution in [2.75, 3.05) is 50.4 Å². The Labute approximate surface area is 170 Å². The van der Waals surface area contributed by atoms with E-state index >= 15 is 0 Å². The standard InChI is InChI=1S/C19H27N5O3S/c1-3-7-20-19(28)22-15-6-4-5-14(12-15)21-17(25)13-16(18(26)27)24-10-8-23(2)9-11-24/h3-6,12,16H,1,7-11,13H2,2H3,(H,21,25)(H,26,27)(H2,20,22,28)/p+1/t16-/m0/s1. The van der Waals surface area contributed by atoms with Gasteiger partial charge in [-0.3, -0.25) is 4.79 Å². The van der Waals surface area contributed by atoms with Crippen LogP contribution < -0.4 is 30.9 Å². The molecule has 8 nitrogen and oxygen atoms in total. The van der Waals surface area contributed by atoms with Gasteiger partial charge in [0.05, 0.1) is 19.4 Å². The lowest BCUT2D eigenvalue weighted by atomic mass is 10.1. The topological polar surface area (TPSA) is 102 Å². The van der Waals surface area contributed by atoms with Gasteiger partial charge in [-0.2, -0.15) is 0 Å². The SMILES string of the molecule is C=CCNC(=S)Nc1cccc(NC(=O)C[C@@H](C(=O)[O-])[NH+]2CC[NH+](C)CC2)c1. The molecule has 1 aromatic carbocycles. The molecule has 1 aliphatic rings. The Kier molecular flexibility index (Phi) is 8.37. The molecule has 0 spiro atoms. The van der Waals surface area contributed by atoms with E-state index in [0.717, 1.165) is 18.0 Å². The number of quaternary nitrogens is 2. The number of benzene rings is 1. The van der Waals surface area contributed by atoms with Crippen LogP contribution >= 0.6 is 12.2 Å². The summed E-state index contributed by atoms with van der Waals surface area (Å²) >= 11 is 5.16. The van der Waals surface area contributed by atoms with Crippen molar-refractivity contribution in [2.45, 2.75) is 12.5 Å². The Morgan fingerprint density at radius 2 is 1.89 bits per heavy atom. The maximum Gasteiger partial charge on any atom is 0.230 e. The van der Waals surface area contributed by atoms with E-state index < -0.39 is 12.0 Å². The van der Waals surface area contributed by atoms with Crippen LogP contribution in [0, 0.1) is 0 Å². The highest BCUT2D eigenvalue weighted by Gasteiger charge is 2.30. The van der Waals surface area contributed by atoms with E-state index in [9.17, 15) is 14.7 Å². The Morgan fingerprint density at radius 3 is 2.50 bits per heavy atom. The van der Waals surface area contributed by atoms with Crippen LogP contribution in [0.2, 0.25) is 0 Å². The summed E-state index contributed by atoms with van der Waals surface area (Å²) in [5.41, 5.74) is 1.28. The van der Waals surface area contributed by atoms with Gasteiger partial charge in [-0.25, -0.2) is 0 Å². The quantitative estimate of drug-likeness (QED) is 0.233. The van der Waals surface area contributed by atoms with Gasteiger partial charge >= 0.3 is 0 Å². The molecule has 9 heteroatoms. The molecule has 2 rings (SSSR count). The average Bonchev–Trinajstić information content (AvgIpc) is 2.65. The Bertz CT molecular complexity index is 719. The number of hydrogen-bond donors (Lipinski definition) is 5. The van der Waals surface area contributed by atoms with Gasteiger partial charge in [0.1, 0.15) is 32.2 Å². The van der Waals surface area contributed by atoms with Crippen molar-refractivity contribution in [3.8, 4) is 0 Å². The first-order chi connectivity index (χ1) is 13.4. The van der Waals surface area contributed by atoms with Crippen LogP contribution in [0.25, 0.3) is 0 Å². The number of hydrogen-bond acceptors (Lipinski definition) is 4. The minimum absolute atomic E-state index is 0.117. The molecule has 152 valence electrons. The number of rotatable bonds is 8. The van der Waals surface area contributed by atoms with Crippen LogP contribution in [0.15, 0.2) is 36.9 Å². The van der Waals surface area contributed by atoms with E-state index in [-0.39, 0.29) is 12.3 Å². The van der Waals surface area contributed by atoms with E-state index in [0.29, 0.717) is 36.1 Å². The number of anilines is 2. The predicted molar refractivity (Wildman–Crippen MR) is 110 cm³/mol. The Hall–Kier alpha value is -2.49. The summed E-state index contributed by atoms with van der Waals surface area (Å²) in [4.78, 5) is 26.3. The predicted octanol–water partition coefficient (Wildman–Crippen LogP) is -2.98. The summed E-state index contributed by atoms with van der Waals surface area (Å²) in [7, 11) is 2.08. The summed E-state index contributed by atoms with van der Waals surface area (Å²) in [5.74, 6) is -1.53. The van der Waals surface area contributed by atoms with Crippen molar-refractivity contribution in [1.29, 1.82) is 0 Å². The zero-order valence-corrected chi connectivity index (χ0v) is 16.9. The molecule has 1 heterocycles. The monoisotopic (exact) mass is 406 g/mol. The zero-order chi connectivity index (χ0) is 20.5. The van der Waals surface area contributed by atoms with Crippen molar-refractivity contribution in [2.24, 2.45) is 0 Å². The van der Waals surface area contributed by atoms with Gasteiger partial charge in [0, 0.05) is 17.9 Å². The van der Waals surface area contributed by atoms with Crippen molar-refractivity contribution < 1.29 is 24.5 Å². The lowest BCUT2D eigenvalue weighted by Gasteiger charge is -2.33. The summed E-state index contributed by atoms with van der Waals surface area (Å²) < 4.78 is 0. The molecule has 0 aromatic heterocycles. The first-order valence-corrected chi connectivity index (χ1v) is 9.72. The van der Waals surface area contributed by atoms with Gasteiger partial charge in [0.25, 0.3) is 0 Å². The number of amides is 1. The van der Waals surface area contributed by atoms with Gasteiger partial charge in [-0.15, -0.1) is 6.58 Å².